The van der Waals surface area contributed by atoms with Crippen LogP contribution < -0.4 is 10.6 Å². The van der Waals surface area contributed by atoms with Crippen molar-refractivity contribution in [2.45, 2.75) is 45.2 Å². The highest BCUT2D eigenvalue weighted by atomic mass is 32.1. The van der Waals surface area contributed by atoms with Crippen molar-refractivity contribution in [3.05, 3.63) is 16.6 Å². The van der Waals surface area contributed by atoms with Crippen LogP contribution in [0.15, 0.2) is 11.6 Å². The summed E-state index contributed by atoms with van der Waals surface area (Å²) in [5.74, 6) is 0.853. The van der Waals surface area contributed by atoms with Gasteiger partial charge in [0.15, 0.2) is 0 Å². The van der Waals surface area contributed by atoms with Gasteiger partial charge in [-0.25, -0.2) is 4.98 Å². The molecule has 2 unspecified atom stereocenters. The van der Waals surface area contributed by atoms with E-state index in [4.69, 9.17) is 0 Å². The maximum absolute atomic E-state index is 4.40. The van der Waals surface area contributed by atoms with Crippen LogP contribution in [0.25, 0.3) is 0 Å². The Labute approximate surface area is 108 Å². The number of hydrogen-bond donors (Lipinski definition) is 2. The minimum absolute atomic E-state index is 0.0173. The first-order valence-corrected chi connectivity index (χ1v) is 7.34. The summed E-state index contributed by atoms with van der Waals surface area (Å²) in [6.45, 7) is 8.94. The van der Waals surface area contributed by atoms with Gasteiger partial charge < -0.3 is 10.6 Å². The lowest BCUT2D eigenvalue weighted by Gasteiger charge is -2.32. The third-order valence-electron chi connectivity index (χ3n) is 3.51. The maximum Gasteiger partial charge on any atom is 0.112 e. The van der Waals surface area contributed by atoms with Crippen LogP contribution in [0.5, 0.6) is 0 Å². The van der Waals surface area contributed by atoms with Gasteiger partial charge in [0.25, 0.3) is 0 Å². The van der Waals surface area contributed by atoms with Crippen LogP contribution in [0.3, 0.4) is 0 Å². The maximum atomic E-state index is 4.40. The minimum atomic E-state index is -0.0173. The Morgan fingerprint density at radius 3 is 3.06 bits per heavy atom. The average molecular weight is 253 g/mol. The molecule has 1 aliphatic heterocycles. The van der Waals surface area contributed by atoms with Gasteiger partial charge in [-0.15, -0.1) is 11.3 Å². The van der Waals surface area contributed by atoms with E-state index in [0.29, 0.717) is 6.04 Å². The first-order valence-electron chi connectivity index (χ1n) is 6.46. The fourth-order valence-electron chi connectivity index (χ4n) is 2.36. The molecule has 17 heavy (non-hydrogen) atoms. The van der Waals surface area contributed by atoms with E-state index >= 15 is 0 Å². The number of hydrogen-bond acceptors (Lipinski definition) is 4. The van der Waals surface area contributed by atoms with Crippen molar-refractivity contribution >= 4 is 11.3 Å². The molecule has 1 aliphatic rings. The van der Waals surface area contributed by atoms with Crippen molar-refractivity contribution < 1.29 is 0 Å². The third kappa shape index (κ3) is 3.50. The summed E-state index contributed by atoms with van der Waals surface area (Å²) in [7, 11) is 0. The van der Waals surface area contributed by atoms with Crippen LogP contribution in [0, 0.1) is 5.92 Å². The first-order chi connectivity index (χ1) is 8.08. The highest BCUT2D eigenvalue weighted by Gasteiger charge is 2.25. The van der Waals surface area contributed by atoms with Crippen LogP contribution >= 0.6 is 11.3 Å². The molecule has 1 fully saturated rings. The number of nitrogens with one attached hydrogen (secondary N) is 2. The Bertz CT molecular complexity index is 334. The lowest BCUT2D eigenvalue weighted by molar-refractivity contribution is 0.283. The van der Waals surface area contributed by atoms with E-state index in [0.717, 1.165) is 19.0 Å². The molecular weight excluding hydrogens is 230 g/mol. The zero-order valence-corrected chi connectivity index (χ0v) is 11.8. The van der Waals surface area contributed by atoms with Crippen LogP contribution in [-0.2, 0) is 5.54 Å². The van der Waals surface area contributed by atoms with Gasteiger partial charge in [0.2, 0.25) is 0 Å². The van der Waals surface area contributed by atoms with Crippen molar-refractivity contribution in [2.24, 2.45) is 5.92 Å². The molecule has 0 amide bonds. The van der Waals surface area contributed by atoms with E-state index in [1.54, 1.807) is 11.3 Å². The number of rotatable bonds is 4. The smallest absolute Gasteiger partial charge is 0.112 e. The molecule has 2 N–H and O–H groups in total. The van der Waals surface area contributed by atoms with Gasteiger partial charge in [0.1, 0.15) is 5.01 Å². The zero-order valence-electron chi connectivity index (χ0n) is 11.0. The molecule has 0 radical (unpaired) electrons. The predicted molar refractivity (Wildman–Crippen MR) is 73.3 cm³/mol. The normalized spacial score (nSPS) is 26.1. The van der Waals surface area contributed by atoms with Crippen LogP contribution in [0.1, 0.15) is 38.6 Å². The summed E-state index contributed by atoms with van der Waals surface area (Å²) >= 11 is 1.72. The second kappa shape index (κ2) is 5.46. The van der Waals surface area contributed by atoms with E-state index in [1.807, 2.05) is 11.6 Å². The summed E-state index contributed by atoms with van der Waals surface area (Å²) in [5.41, 5.74) is -0.0173. The standard InChI is InChI=1S/C13H23N3S/c1-10-4-5-14-11(8-10)9-16-13(2,3)12-15-6-7-17-12/h6-7,10-11,14,16H,4-5,8-9H2,1-3H3. The Hall–Kier alpha value is -0.450. The van der Waals surface area contributed by atoms with Gasteiger partial charge in [-0.3, -0.25) is 0 Å². The molecule has 1 aromatic rings. The lowest BCUT2D eigenvalue weighted by Crippen LogP contribution is -2.48. The van der Waals surface area contributed by atoms with Crippen molar-refractivity contribution in [3.8, 4) is 0 Å². The van der Waals surface area contributed by atoms with E-state index in [9.17, 15) is 0 Å². The zero-order chi connectivity index (χ0) is 12.3. The van der Waals surface area contributed by atoms with Crippen LogP contribution in [0.4, 0.5) is 0 Å². The molecule has 2 rings (SSSR count). The highest BCUT2D eigenvalue weighted by Crippen LogP contribution is 2.22. The quantitative estimate of drug-likeness (QED) is 0.865. The molecule has 1 aromatic heterocycles. The van der Waals surface area contributed by atoms with Crippen molar-refractivity contribution in [1.29, 1.82) is 0 Å². The first kappa shape index (κ1) is 13.0. The minimum Gasteiger partial charge on any atom is -0.313 e. The van der Waals surface area contributed by atoms with E-state index < -0.39 is 0 Å². The topological polar surface area (TPSA) is 37.0 Å². The van der Waals surface area contributed by atoms with Gasteiger partial charge in [0.05, 0.1) is 5.54 Å². The van der Waals surface area contributed by atoms with E-state index in [2.05, 4.69) is 36.4 Å². The molecular formula is C13H23N3S. The lowest BCUT2D eigenvalue weighted by atomic mass is 9.93. The molecule has 0 aromatic carbocycles. The van der Waals surface area contributed by atoms with Crippen molar-refractivity contribution in [2.75, 3.05) is 13.1 Å². The Morgan fingerprint density at radius 1 is 1.59 bits per heavy atom. The second-order valence-electron chi connectivity index (χ2n) is 5.62. The largest absolute Gasteiger partial charge is 0.313 e. The molecule has 2 heterocycles. The summed E-state index contributed by atoms with van der Waals surface area (Å²) in [6, 6.07) is 0.609. The fraction of sp³-hybridized carbons (Fsp3) is 0.769. The monoisotopic (exact) mass is 253 g/mol. The van der Waals surface area contributed by atoms with Gasteiger partial charge in [-0.2, -0.15) is 0 Å². The number of aromatic nitrogens is 1. The van der Waals surface area contributed by atoms with Crippen molar-refractivity contribution in [3.63, 3.8) is 0 Å². The Balaban J connectivity index is 1.85. The molecule has 0 aliphatic carbocycles. The van der Waals surface area contributed by atoms with Gasteiger partial charge in [-0.1, -0.05) is 6.92 Å². The second-order valence-corrected chi connectivity index (χ2v) is 6.52. The molecule has 4 heteroatoms. The SMILES string of the molecule is CC1CCNC(CNC(C)(C)c2nccs2)C1. The molecule has 1 saturated heterocycles. The summed E-state index contributed by atoms with van der Waals surface area (Å²) in [5, 5.41) is 10.4. The van der Waals surface area contributed by atoms with E-state index in [1.165, 1.54) is 17.8 Å². The number of nitrogens with zero attached hydrogens (tertiary/aromatic N) is 1. The summed E-state index contributed by atoms with van der Waals surface area (Å²) in [6.07, 6.45) is 4.47. The predicted octanol–water partition coefficient (Wildman–Crippen LogP) is 2.36. The van der Waals surface area contributed by atoms with Crippen LogP contribution in [0.2, 0.25) is 0 Å². The van der Waals surface area contributed by atoms with Crippen molar-refractivity contribution in [1.82, 2.24) is 15.6 Å². The van der Waals surface area contributed by atoms with Gasteiger partial charge in [0, 0.05) is 24.2 Å². The van der Waals surface area contributed by atoms with Gasteiger partial charge >= 0.3 is 0 Å². The average Bonchev–Trinajstić information content (AvgIpc) is 2.81. The highest BCUT2D eigenvalue weighted by molar-refractivity contribution is 7.09. The molecule has 0 saturated carbocycles. The molecule has 2 atom stereocenters. The number of piperidine rings is 1. The molecule has 96 valence electrons. The van der Waals surface area contributed by atoms with Crippen LogP contribution in [-0.4, -0.2) is 24.1 Å². The van der Waals surface area contributed by atoms with E-state index in [-0.39, 0.29) is 5.54 Å². The molecule has 0 bridgehead atoms. The summed E-state index contributed by atoms with van der Waals surface area (Å²) < 4.78 is 0. The third-order valence-corrected chi connectivity index (χ3v) is 4.61. The molecule has 0 spiro atoms. The van der Waals surface area contributed by atoms with Gasteiger partial charge in [-0.05, 0) is 39.2 Å². The molecule has 3 nitrogen and oxygen atoms in total. The number of thiazole rings is 1. The Morgan fingerprint density at radius 2 is 2.41 bits per heavy atom. The summed E-state index contributed by atoms with van der Waals surface area (Å²) in [4.78, 5) is 4.40. The Kier molecular flexibility index (Phi) is 4.17. The fourth-order valence-corrected chi connectivity index (χ4v) is 3.10.